The van der Waals surface area contributed by atoms with Crippen LogP contribution in [-0.2, 0) is 0 Å². The number of halogens is 2. The molecule has 3 heteroatoms. The Morgan fingerprint density at radius 3 is 2.82 bits per heavy atom. The molecule has 17 heavy (non-hydrogen) atoms. The van der Waals surface area contributed by atoms with Crippen molar-refractivity contribution < 1.29 is 4.39 Å². The van der Waals surface area contributed by atoms with Crippen molar-refractivity contribution in [2.24, 2.45) is 0 Å². The van der Waals surface area contributed by atoms with Gasteiger partial charge in [-0.2, -0.15) is 0 Å². The summed E-state index contributed by atoms with van der Waals surface area (Å²) in [5, 5.41) is 3.36. The van der Waals surface area contributed by atoms with E-state index in [1.54, 1.807) is 6.07 Å². The molecule has 1 unspecified atom stereocenters. The first-order valence-corrected chi connectivity index (χ1v) is 6.59. The Morgan fingerprint density at radius 2 is 2.24 bits per heavy atom. The summed E-state index contributed by atoms with van der Waals surface area (Å²) in [5.74, 6) is 2.41. The van der Waals surface area contributed by atoms with Crippen molar-refractivity contribution in [1.29, 1.82) is 0 Å². The lowest BCUT2D eigenvalue weighted by Gasteiger charge is -2.18. The Bertz CT molecular complexity index is 377. The number of terminal acetylenes is 1. The summed E-state index contributed by atoms with van der Waals surface area (Å²) in [7, 11) is 0. The third-order valence-corrected chi connectivity index (χ3v) is 3.01. The van der Waals surface area contributed by atoms with Gasteiger partial charge in [0.15, 0.2) is 0 Å². The molecule has 0 bridgehead atoms. The lowest BCUT2D eigenvalue weighted by atomic mass is 10.0. The van der Waals surface area contributed by atoms with Gasteiger partial charge in [-0.05, 0) is 43.1 Å². The molecule has 0 aliphatic rings. The lowest BCUT2D eigenvalue weighted by Crippen LogP contribution is -2.21. The van der Waals surface area contributed by atoms with E-state index in [2.05, 4.69) is 27.2 Å². The van der Waals surface area contributed by atoms with E-state index in [9.17, 15) is 4.39 Å². The molecule has 0 saturated carbocycles. The van der Waals surface area contributed by atoms with E-state index in [4.69, 9.17) is 6.42 Å². The SMILES string of the molecule is C#CCCCC(NCC)c1cc(F)cc(Br)c1. The minimum absolute atomic E-state index is 0.167. The van der Waals surface area contributed by atoms with Crippen LogP contribution in [0.2, 0.25) is 0 Å². The molecule has 0 saturated heterocycles. The molecule has 0 aromatic heterocycles. The second-order valence-electron chi connectivity index (χ2n) is 3.91. The second kappa shape index (κ2) is 7.47. The molecule has 0 spiro atoms. The Kier molecular flexibility index (Phi) is 6.25. The Morgan fingerprint density at radius 1 is 1.47 bits per heavy atom. The number of unbranched alkanes of at least 4 members (excludes halogenated alkanes) is 1. The molecular weight excluding hydrogens is 281 g/mol. The predicted molar refractivity (Wildman–Crippen MR) is 73.2 cm³/mol. The highest BCUT2D eigenvalue weighted by molar-refractivity contribution is 9.10. The predicted octanol–water partition coefficient (Wildman–Crippen LogP) is 4.04. The van der Waals surface area contributed by atoms with Gasteiger partial charge in [0, 0.05) is 16.9 Å². The van der Waals surface area contributed by atoms with Gasteiger partial charge in [0.25, 0.3) is 0 Å². The number of hydrogen-bond acceptors (Lipinski definition) is 1. The molecule has 1 N–H and O–H groups in total. The van der Waals surface area contributed by atoms with Crippen LogP contribution in [-0.4, -0.2) is 6.54 Å². The summed E-state index contributed by atoms with van der Waals surface area (Å²) in [4.78, 5) is 0. The van der Waals surface area contributed by atoms with Crippen LogP contribution in [0, 0.1) is 18.2 Å². The van der Waals surface area contributed by atoms with Crippen molar-refractivity contribution in [2.75, 3.05) is 6.54 Å². The molecule has 92 valence electrons. The molecule has 1 aromatic rings. The van der Waals surface area contributed by atoms with Crippen molar-refractivity contribution in [3.8, 4) is 12.3 Å². The van der Waals surface area contributed by atoms with Crippen molar-refractivity contribution in [1.82, 2.24) is 5.32 Å². The Labute approximate surface area is 111 Å². The van der Waals surface area contributed by atoms with Gasteiger partial charge in [-0.3, -0.25) is 0 Å². The van der Waals surface area contributed by atoms with Crippen LogP contribution >= 0.6 is 15.9 Å². The molecule has 0 amide bonds. The zero-order valence-electron chi connectivity index (χ0n) is 9.97. The second-order valence-corrected chi connectivity index (χ2v) is 4.83. The van der Waals surface area contributed by atoms with Crippen molar-refractivity contribution in [2.45, 2.75) is 32.2 Å². The number of nitrogens with one attached hydrogen (secondary N) is 1. The van der Waals surface area contributed by atoms with Gasteiger partial charge in [0.2, 0.25) is 0 Å². The van der Waals surface area contributed by atoms with Crippen LogP contribution in [0.5, 0.6) is 0 Å². The van der Waals surface area contributed by atoms with E-state index in [-0.39, 0.29) is 11.9 Å². The molecule has 0 aliphatic heterocycles. The van der Waals surface area contributed by atoms with Gasteiger partial charge < -0.3 is 5.32 Å². The summed E-state index contributed by atoms with van der Waals surface area (Å²) >= 11 is 3.31. The highest BCUT2D eigenvalue weighted by Crippen LogP contribution is 2.24. The van der Waals surface area contributed by atoms with Crippen LogP contribution < -0.4 is 5.32 Å². The zero-order valence-corrected chi connectivity index (χ0v) is 11.6. The summed E-state index contributed by atoms with van der Waals surface area (Å²) in [6, 6.07) is 5.16. The first kappa shape index (κ1) is 14.2. The van der Waals surface area contributed by atoms with Crippen LogP contribution in [0.25, 0.3) is 0 Å². The third kappa shape index (κ3) is 4.89. The molecule has 0 aliphatic carbocycles. The van der Waals surface area contributed by atoms with Crippen LogP contribution in [0.3, 0.4) is 0 Å². The van der Waals surface area contributed by atoms with Gasteiger partial charge >= 0.3 is 0 Å². The molecule has 0 radical (unpaired) electrons. The van der Waals surface area contributed by atoms with E-state index < -0.39 is 0 Å². The smallest absolute Gasteiger partial charge is 0.124 e. The third-order valence-electron chi connectivity index (χ3n) is 2.55. The summed E-state index contributed by atoms with van der Waals surface area (Å²) < 4.78 is 14.1. The quantitative estimate of drug-likeness (QED) is 0.617. The summed E-state index contributed by atoms with van der Waals surface area (Å²) in [5.41, 5.74) is 0.968. The number of benzene rings is 1. The van der Waals surface area contributed by atoms with Crippen molar-refractivity contribution >= 4 is 15.9 Å². The van der Waals surface area contributed by atoms with E-state index >= 15 is 0 Å². The fraction of sp³-hybridized carbons (Fsp3) is 0.429. The number of hydrogen-bond donors (Lipinski definition) is 1. The molecule has 1 atom stereocenters. The van der Waals surface area contributed by atoms with Crippen LogP contribution in [0.15, 0.2) is 22.7 Å². The fourth-order valence-corrected chi connectivity index (χ4v) is 2.30. The average molecular weight is 298 g/mol. The molecule has 0 heterocycles. The summed E-state index contributed by atoms with van der Waals surface area (Å²) in [6.07, 6.45) is 7.87. The zero-order chi connectivity index (χ0) is 12.7. The topological polar surface area (TPSA) is 12.0 Å². The molecular formula is C14H17BrFN. The van der Waals surface area contributed by atoms with Gasteiger partial charge in [-0.25, -0.2) is 4.39 Å². The minimum atomic E-state index is -0.214. The Balaban J connectivity index is 2.77. The summed E-state index contributed by atoms with van der Waals surface area (Å²) in [6.45, 7) is 2.90. The lowest BCUT2D eigenvalue weighted by molar-refractivity contribution is 0.498. The van der Waals surface area contributed by atoms with Gasteiger partial charge in [0.05, 0.1) is 0 Å². The van der Waals surface area contributed by atoms with E-state index in [0.717, 1.165) is 35.8 Å². The monoisotopic (exact) mass is 297 g/mol. The largest absolute Gasteiger partial charge is 0.310 e. The Hall–Kier alpha value is -0.850. The number of rotatable bonds is 6. The molecule has 1 nitrogen and oxygen atoms in total. The maximum Gasteiger partial charge on any atom is 0.124 e. The van der Waals surface area contributed by atoms with Gasteiger partial charge in [-0.1, -0.05) is 22.9 Å². The normalized spacial score (nSPS) is 12.1. The molecule has 1 rings (SSSR count). The molecule has 0 fully saturated rings. The minimum Gasteiger partial charge on any atom is -0.310 e. The maximum absolute atomic E-state index is 13.3. The molecule has 1 aromatic carbocycles. The van der Waals surface area contributed by atoms with Crippen molar-refractivity contribution in [3.05, 3.63) is 34.1 Å². The van der Waals surface area contributed by atoms with Crippen molar-refractivity contribution in [3.63, 3.8) is 0 Å². The highest BCUT2D eigenvalue weighted by atomic mass is 79.9. The van der Waals surface area contributed by atoms with E-state index in [1.165, 1.54) is 6.07 Å². The standard InChI is InChI=1S/C14H17BrFN/c1-3-5-6-7-14(17-4-2)11-8-12(15)10-13(16)9-11/h1,8-10,14,17H,4-7H2,2H3. The van der Waals surface area contributed by atoms with Gasteiger partial charge in [0.1, 0.15) is 5.82 Å². The maximum atomic E-state index is 13.3. The first-order valence-electron chi connectivity index (χ1n) is 5.80. The fourth-order valence-electron chi connectivity index (χ4n) is 1.82. The highest BCUT2D eigenvalue weighted by Gasteiger charge is 2.11. The first-order chi connectivity index (χ1) is 8.17. The van der Waals surface area contributed by atoms with Gasteiger partial charge in [-0.15, -0.1) is 12.3 Å². The van der Waals surface area contributed by atoms with E-state index in [0.29, 0.717) is 0 Å². The van der Waals surface area contributed by atoms with E-state index in [1.807, 2.05) is 13.0 Å². The average Bonchev–Trinajstić information content (AvgIpc) is 2.27. The van der Waals surface area contributed by atoms with Crippen LogP contribution in [0.1, 0.15) is 37.8 Å². The van der Waals surface area contributed by atoms with Crippen LogP contribution in [0.4, 0.5) is 4.39 Å².